The lowest BCUT2D eigenvalue weighted by Gasteiger charge is -2.71. The van der Waals surface area contributed by atoms with Crippen LogP contribution in [-0.4, -0.2) is 29.6 Å². The summed E-state index contributed by atoms with van der Waals surface area (Å²) in [6, 6.07) is 0. The van der Waals surface area contributed by atoms with Gasteiger partial charge in [-0.15, -0.1) is 0 Å². The van der Waals surface area contributed by atoms with E-state index in [-0.39, 0.29) is 33.2 Å². The van der Waals surface area contributed by atoms with E-state index in [1.54, 1.807) is 0 Å². The monoisotopic (exact) mass is 512 g/mol. The topological polar surface area (TPSA) is 55.8 Å². The fraction of sp³-hybridized carbons (Fsp3) is 0.909. The van der Waals surface area contributed by atoms with E-state index in [4.69, 9.17) is 9.47 Å². The molecule has 4 nitrogen and oxygen atoms in total. The Balaban J connectivity index is 1.43. The van der Waals surface area contributed by atoms with Crippen LogP contribution >= 0.6 is 0 Å². The van der Waals surface area contributed by atoms with E-state index in [1.165, 1.54) is 18.4 Å². The molecule has 0 bridgehead atoms. The Morgan fingerprint density at radius 1 is 0.865 bits per heavy atom. The number of carboxylic acids is 1. The van der Waals surface area contributed by atoms with Crippen LogP contribution in [0.5, 0.6) is 0 Å². The average Bonchev–Trinajstić information content (AvgIpc) is 2.79. The van der Waals surface area contributed by atoms with Crippen molar-refractivity contribution in [1.82, 2.24) is 0 Å². The molecule has 0 aromatic carbocycles. The maximum Gasteiger partial charge on any atom is 0.314 e. The lowest BCUT2D eigenvalue weighted by atomic mass is 9.33. The van der Waals surface area contributed by atoms with Gasteiger partial charge < -0.3 is 14.6 Å². The molecule has 0 spiro atoms. The molecule has 4 unspecified atom stereocenters. The highest BCUT2D eigenvalue weighted by Gasteiger charge is 2.72. The fourth-order valence-corrected chi connectivity index (χ4v) is 11.5. The SMILES string of the molecule is CC1(C)CC[C@]2(C)CC[C@@]3(C(=O)O)C(=CCC4[C@@]5(C)CCC6OC(C)(C)OC[C@@]6(C)C5CC[C@]43C)C2C1. The van der Waals surface area contributed by atoms with Gasteiger partial charge in [-0.3, -0.25) is 4.79 Å². The number of carbonyl (C=O) groups is 1. The molecule has 0 amide bonds. The second-order valence-corrected chi connectivity index (χ2v) is 16.6. The van der Waals surface area contributed by atoms with Gasteiger partial charge in [-0.2, -0.15) is 0 Å². The minimum Gasteiger partial charge on any atom is -0.481 e. The van der Waals surface area contributed by atoms with E-state index in [2.05, 4.69) is 47.6 Å². The number of allylic oxidation sites excluding steroid dienone is 1. The van der Waals surface area contributed by atoms with Gasteiger partial charge in [-0.05, 0) is 117 Å². The van der Waals surface area contributed by atoms with Gasteiger partial charge in [-0.1, -0.05) is 53.2 Å². The van der Waals surface area contributed by atoms with Crippen LogP contribution in [0.2, 0.25) is 0 Å². The first-order valence-corrected chi connectivity index (χ1v) is 15.3. The molecule has 0 aromatic heterocycles. The maximum absolute atomic E-state index is 13.7. The van der Waals surface area contributed by atoms with Crippen LogP contribution in [0.15, 0.2) is 11.6 Å². The molecular weight excluding hydrogens is 460 g/mol. The van der Waals surface area contributed by atoms with E-state index in [9.17, 15) is 9.90 Å². The predicted octanol–water partition coefficient (Wildman–Crippen LogP) is 8.00. The van der Waals surface area contributed by atoms with Gasteiger partial charge in [0.1, 0.15) is 0 Å². The number of hydrogen-bond acceptors (Lipinski definition) is 3. The first kappa shape index (κ1) is 26.4. The number of hydrogen-bond donors (Lipinski definition) is 1. The molecule has 37 heavy (non-hydrogen) atoms. The molecule has 0 aromatic rings. The van der Waals surface area contributed by atoms with E-state index in [0.29, 0.717) is 17.8 Å². The molecule has 1 heterocycles. The molecule has 1 aliphatic heterocycles. The van der Waals surface area contributed by atoms with Gasteiger partial charge in [0.15, 0.2) is 5.79 Å². The van der Waals surface area contributed by atoms with Crippen molar-refractivity contribution in [1.29, 1.82) is 0 Å². The Kier molecular flexibility index (Phi) is 5.45. The summed E-state index contributed by atoms with van der Waals surface area (Å²) in [5.41, 5.74) is 1.02. The Morgan fingerprint density at radius 2 is 1.57 bits per heavy atom. The zero-order valence-corrected chi connectivity index (χ0v) is 24.8. The molecule has 5 fully saturated rings. The number of rotatable bonds is 1. The zero-order chi connectivity index (χ0) is 26.9. The van der Waals surface area contributed by atoms with Crippen LogP contribution < -0.4 is 0 Å². The van der Waals surface area contributed by atoms with Crippen LogP contribution in [0, 0.1) is 50.2 Å². The highest BCUT2D eigenvalue weighted by molar-refractivity contribution is 5.81. The first-order chi connectivity index (χ1) is 17.0. The van der Waals surface area contributed by atoms with Crippen molar-refractivity contribution in [2.45, 2.75) is 131 Å². The van der Waals surface area contributed by atoms with Crippen molar-refractivity contribution in [2.75, 3.05) is 6.61 Å². The summed E-state index contributed by atoms with van der Waals surface area (Å²) >= 11 is 0. The molecule has 5 aliphatic carbocycles. The second-order valence-electron chi connectivity index (χ2n) is 16.6. The van der Waals surface area contributed by atoms with Gasteiger partial charge in [0.05, 0.1) is 18.1 Å². The van der Waals surface area contributed by atoms with Crippen molar-refractivity contribution in [3.63, 3.8) is 0 Å². The Hall–Kier alpha value is -0.870. The summed E-state index contributed by atoms with van der Waals surface area (Å²) in [4.78, 5) is 13.7. The highest BCUT2D eigenvalue weighted by atomic mass is 16.7. The first-order valence-electron chi connectivity index (χ1n) is 15.3. The van der Waals surface area contributed by atoms with Crippen molar-refractivity contribution >= 4 is 5.97 Å². The number of fused-ring (bicyclic) bond motifs is 9. The lowest BCUT2D eigenvalue weighted by molar-refractivity contribution is -0.351. The molecule has 1 N–H and O–H groups in total. The minimum absolute atomic E-state index is 0.0112. The normalized spacial score (nSPS) is 53.9. The average molecular weight is 513 g/mol. The number of carboxylic acid groups (broad SMARTS) is 1. The van der Waals surface area contributed by atoms with E-state index in [0.717, 1.165) is 58.0 Å². The third-order valence-corrected chi connectivity index (χ3v) is 13.8. The molecular formula is C33H52O4. The van der Waals surface area contributed by atoms with Crippen molar-refractivity contribution in [3.8, 4) is 0 Å². The summed E-state index contributed by atoms with van der Waals surface area (Å²) in [6.07, 6.45) is 13.5. The highest BCUT2D eigenvalue weighted by Crippen LogP contribution is 2.76. The molecule has 0 radical (unpaired) electrons. The standard InChI is InChI=1S/C33H52O4/c1-27(2)15-16-29(5)17-18-33(26(34)35)21(22(29)19-27)9-10-24-30(6)13-12-25-31(7,20-36-28(3,4)37-25)23(30)11-14-32(24,33)8/h9,22-25H,10-20H2,1-8H3,(H,34,35)/t22?,23?,24?,25?,29-,30+,31+,32-,33+/m1/s1. The Morgan fingerprint density at radius 3 is 2.27 bits per heavy atom. The quantitative estimate of drug-likeness (QED) is 0.362. The number of ether oxygens (including phenoxy) is 2. The summed E-state index contributed by atoms with van der Waals surface area (Å²) in [6.45, 7) is 19.4. The van der Waals surface area contributed by atoms with Gasteiger partial charge in [0, 0.05) is 5.41 Å². The summed E-state index contributed by atoms with van der Waals surface area (Å²) in [7, 11) is 0. The lowest BCUT2D eigenvalue weighted by Crippen LogP contribution is -2.69. The Bertz CT molecular complexity index is 1030. The van der Waals surface area contributed by atoms with Crippen LogP contribution in [0.1, 0.15) is 120 Å². The molecule has 4 saturated carbocycles. The third-order valence-electron chi connectivity index (χ3n) is 13.8. The molecule has 9 atom stereocenters. The van der Waals surface area contributed by atoms with Gasteiger partial charge in [0.2, 0.25) is 0 Å². The van der Waals surface area contributed by atoms with Crippen molar-refractivity contribution in [3.05, 3.63) is 11.6 Å². The molecule has 208 valence electrons. The van der Waals surface area contributed by atoms with E-state index in [1.807, 2.05) is 13.8 Å². The van der Waals surface area contributed by atoms with E-state index < -0.39 is 17.2 Å². The van der Waals surface area contributed by atoms with Crippen LogP contribution in [0.3, 0.4) is 0 Å². The summed E-state index contributed by atoms with van der Waals surface area (Å²) in [5, 5.41) is 11.2. The maximum atomic E-state index is 13.7. The zero-order valence-electron chi connectivity index (χ0n) is 24.8. The summed E-state index contributed by atoms with van der Waals surface area (Å²) < 4.78 is 12.8. The molecule has 1 saturated heterocycles. The fourth-order valence-electron chi connectivity index (χ4n) is 11.5. The predicted molar refractivity (Wildman–Crippen MR) is 146 cm³/mol. The largest absolute Gasteiger partial charge is 0.481 e. The van der Waals surface area contributed by atoms with Gasteiger partial charge in [0.25, 0.3) is 0 Å². The number of aliphatic carboxylic acids is 1. The van der Waals surface area contributed by atoms with Gasteiger partial charge in [-0.25, -0.2) is 0 Å². The smallest absolute Gasteiger partial charge is 0.314 e. The molecule has 6 aliphatic rings. The van der Waals surface area contributed by atoms with E-state index >= 15 is 0 Å². The van der Waals surface area contributed by atoms with Crippen LogP contribution in [0.4, 0.5) is 0 Å². The molecule has 4 heteroatoms. The van der Waals surface area contributed by atoms with Crippen molar-refractivity contribution < 1.29 is 19.4 Å². The van der Waals surface area contributed by atoms with Crippen molar-refractivity contribution in [2.24, 2.45) is 50.2 Å². The molecule has 6 rings (SSSR count). The van der Waals surface area contributed by atoms with Crippen LogP contribution in [-0.2, 0) is 14.3 Å². The summed E-state index contributed by atoms with van der Waals surface area (Å²) in [5.74, 6) is 0.229. The van der Waals surface area contributed by atoms with Crippen LogP contribution in [0.25, 0.3) is 0 Å². The Labute approximate surface area is 225 Å². The second kappa shape index (κ2) is 7.65. The third kappa shape index (κ3) is 3.30. The van der Waals surface area contributed by atoms with Gasteiger partial charge >= 0.3 is 5.97 Å². The minimum atomic E-state index is -0.721.